The van der Waals surface area contributed by atoms with Gasteiger partial charge in [0.05, 0.1) is 12.0 Å². The Labute approximate surface area is 184 Å². The third-order valence-corrected chi connectivity index (χ3v) is 5.10. The molecule has 0 radical (unpaired) electrons. The quantitative estimate of drug-likeness (QED) is 0.455. The molecule has 3 aromatic rings. The van der Waals surface area contributed by atoms with E-state index in [2.05, 4.69) is 15.9 Å². The van der Waals surface area contributed by atoms with Gasteiger partial charge >= 0.3 is 5.97 Å². The lowest BCUT2D eigenvalue weighted by Gasteiger charge is -2.20. The van der Waals surface area contributed by atoms with Crippen LogP contribution in [0.4, 0.5) is 4.39 Å². The maximum Gasteiger partial charge on any atom is 0.309 e. The van der Waals surface area contributed by atoms with Crippen molar-refractivity contribution in [1.82, 2.24) is 0 Å². The van der Waals surface area contributed by atoms with Gasteiger partial charge in [-0.15, -0.1) is 0 Å². The summed E-state index contributed by atoms with van der Waals surface area (Å²) in [5.74, 6) is -2.90. The van der Waals surface area contributed by atoms with Crippen LogP contribution in [0.25, 0.3) is 0 Å². The number of aliphatic hydroxyl groups excluding tert-OH is 1. The summed E-state index contributed by atoms with van der Waals surface area (Å²) in [4.78, 5) is 11.4. The van der Waals surface area contributed by atoms with Crippen LogP contribution in [0, 0.1) is 11.7 Å². The molecule has 3 rings (SSSR count). The van der Waals surface area contributed by atoms with Crippen LogP contribution in [0.2, 0.25) is 0 Å². The standard InChI is InChI=1S/C16H14BrFO3.C8H11N/c17-11-6-7-12(14(18)9-11)15(19)13(16(20)21)8-10-4-2-1-3-5-10;1-7(9)8-5-3-2-4-6-8/h1-7,9,13,15,19H,8H2,(H,20,21);2-7H,9H2,1H3. The second-order valence-corrected chi connectivity index (χ2v) is 7.86. The Morgan fingerprint density at radius 3 is 2.07 bits per heavy atom. The first kappa shape index (κ1) is 23.7. The first-order chi connectivity index (χ1) is 14.3. The molecule has 0 amide bonds. The van der Waals surface area contributed by atoms with Crippen molar-refractivity contribution < 1.29 is 19.4 Å². The zero-order valence-electron chi connectivity index (χ0n) is 16.6. The minimum Gasteiger partial charge on any atom is -0.481 e. The van der Waals surface area contributed by atoms with Crippen molar-refractivity contribution in [3.05, 3.63) is 106 Å². The zero-order chi connectivity index (χ0) is 22.1. The smallest absolute Gasteiger partial charge is 0.309 e. The van der Waals surface area contributed by atoms with Crippen LogP contribution in [0.1, 0.15) is 35.8 Å². The molecule has 3 aromatic carbocycles. The summed E-state index contributed by atoms with van der Waals surface area (Å²) in [5.41, 5.74) is 7.57. The maximum atomic E-state index is 13.9. The predicted octanol–water partition coefficient (Wildman–Crippen LogP) is 5.27. The van der Waals surface area contributed by atoms with Crippen molar-refractivity contribution >= 4 is 21.9 Å². The highest BCUT2D eigenvalue weighted by atomic mass is 79.9. The summed E-state index contributed by atoms with van der Waals surface area (Å²) in [6.45, 7) is 1.98. The van der Waals surface area contributed by atoms with E-state index in [4.69, 9.17) is 5.73 Å². The highest BCUT2D eigenvalue weighted by molar-refractivity contribution is 9.10. The van der Waals surface area contributed by atoms with Crippen molar-refractivity contribution in [3.8, 4) is 0 Å². The normalized spacial score (nSPS) is 13.5. The molecule has 0 aliphatic carbocycles. The molecule has 158 valence electrons. The third kappa shape index (κ3) is 7.06. The van der Waals surface area contributed by atoms with Crippen LogP contribution in [0.5, 0.6) is 0 Å². The van der Waals surface area contributed by atoms with Crippen LogP contribution < -0.4 is 5.73 Å². The number of nitrogens with two attached hydrogens (primary N) is 1. The number of hydrogen-bond donors (Lipinski definition) is 3. The molecule has 4 N–H and O–H groups in total. The molecule has 0 saturated heterocycles. The number of carboxylic acid groups (broad SMARTS) is 1. The van der Waals surface area contributed by atoms with Crippen molar-refractivity contribution in [1.29, 1.82) is 0 Å². The molecule has 0 spiro atoms. The van der Waals surface area contributed by atoms with Gasteiger partial charge < -0.3 is 15.9 Å². The summed E-state index contributed by atoms with van der Waals surface area (Å²) in [6, 6.07) is 23.4. The Bertz CT molecular complexity index is 936. The summed E-state index contributed by atoms with van der Waals surface area (Å²) in [5, 5.41) is 19.6. The molecule has 6 heteroatoms. The van der Waals surface area contributed by atoms with Gasteiger partial charge in [-0.2, -0.15) is 0 Å². The molecular formula is C24H25BrFNO3. The molecule has 0 aliphatic rings. The van der Waals surface area contributed by atoms with Gasteiger partial charge in [0.25, 0.3) is 0 Å². The summed E-state index contributed by atoms with van der Waals surface area (Å²) in [6.07, 6.45) is -1.27. The van der Waals surface area contributed by atoms with Gasteiger partial charge in [-0.3, -0.25) is 4.79 Å². The van der Waals surface area contributed by atoms with E-state index in [1.54, 1.807) is 30.3 Å². The van der Waals surface area contributed by atoms with E-state index in [9.17, 15) is 19.4 Å². The lowest BCUT2D eigenvalue weighted by molar-refractivity contribution is -0.145. The van der Waals surface area contributed by atoms with Gasteiger partial charge in [-0.25, -0.2) is 4.39 Å². The van der Waals surface area contributed by atoms with Crippen LogP contribution in [0.3, 0.4) is 0 Å². The molecule has 0 aromatic heterocycles. The number of carboxylic acids is 1. The summed E-state index contributed by atoms with van der Waals surface area (Å²) in [7, 11) is 0. The third-order valence-electron chi connectivity index (χ3n) is 4.60. The van der Waals surface area contributed by atoms with E-state index in [0.717, 1.165) is 5.56 Å². The summed E-state index contributed by atoms with van der Waals surface area (Å²) >= 11 is 3.13. The number of aliphatic carboxylic acids is 1. The molecular weight excluding hydrogens is 449 g/mol. The van der Waals surface area contributed by atoms with Gasteiger partial charge in [0.15, 0.2) is 0 Å². The van der Waals surface area contributed by atoms with Crippen molar-refractivity contribution in [2.75, 3.05) is 0 Å². The molecule has 3 unspecified atom stereocenters. The van der Waals surface area contributed by atoms with E-state index in [1.165, 1.54) is 17.7 Å². The fourth-order valence-electron chi connectivity index (χ4n) is 2.92. The van der Waals surface area contributed by atoms with Gasteiger partial charge in [0.2, 0.25) is 0 Å². The van der Waals surface area contributed by atoms with E-state index in [0.29, 0.717) is 4.47 Å². The monoisotopic (exact) mass is 473 g/mol. The lowest BCUT2D eigenvalue weighted by Crippen LogP contribution is -2.25. The van der Waals surface area contributed by atoms with Crippen LogP contribution >= 0.6 is 15.9 Å². The van der Waals surface area contributed by atoms with Gasteiger partial charge in [0, 0.05) is 16.1 Å². The van der Waals surface area contributed by atoms with Gasteiger partial charge in [0.1, 0.15) is 5.82 Å². The number of aliphatic hydroxyl groups is 1. The molecule has 30 heavy (non-hydrogen) atoms. The van der Waals surface area contributed by atoms with Crippen molar-refractivity contribution in [3.63, 3.8) is 0 Å². The maximum absolute atomic E-state index is 13.9. The van der Waals surface area contributed by atoms with Gasteiger partial charge in [-0.1, -0.05) is 82.7 Å². The zero-order valence-corrected chi connectivity index (χ0v) is 18.2. The van der Waals surface area contributed by atoms with E-state index in [1.807, 2.05) is 43.3 Å². The number of benzene rings is 3. The first-order valence-electron chi connectivity index (χ1n) is 9.50. The van der Waals surface area contributed by atoms with Crippen LogP contribution in [-0.2, 0) is 11.2 Å². The molecule has 3 atom stereocenters. The Hall–Kier alpha value is -2.54. The molecule has 0 bridgehead atoms. The first-order valence-corrected chi connectivity index (χ1v) is 10.3. The number of halogens is 2. The second-order valence-electron chi connectivity index (χ2n) is 6.94. The lowest BCUT2D eigenvalue weighted by atomic mass is 9.89. The molecule has 0 heterocycles. The molecule has 4 nitrogen and oxygen atoms in total. The minimum absolute atomic E-state index is 0.0125. The van der Waals surface area contributed by atoms with E-state index in [-0.39, 0.29) is 18.0 Å². The Morgan fingerprint density at radius 2 is 1.60 bits per heavy atom. The highest BCUT2D eigenvalue weighted by Gasteiger charge is 2.29. The average Bonchev–Trinajstić information content (AvgIpc) is 2.73. The summed E-state index contributed by atoms with van der Waals surface area (Å²) < 4.78 is 14.4. The minimum atomic E-state index is -1.41. The topological polar surface area (TPSA) is 83.6 Å². The molecule has 0 saturated carbocycles. The number of carbonyl (C=O) groups is 1. The van der Waals surface area contributed by atoms with Crippen molar-refractivity contribution in [2.24, 2.45) is 11.7 Å². The SMILES string of the molecule is CC(N)c1ccccc1.O=C(O)C(Cc1ccccc1)C(O)c1ccc(Br)cc1F. The van der Waals surface area contributed by atoms with Crippen LogP contribution in [-0.4, -0.2) is 16.2 Å². The van der Waals surface area contributed by atoms with E-state index < -0.39 is 23.8 Å². The fraction of sp³-hybridized carbons (Fsp3) is 0.208. The number of hydrogen-bond acceptors (Lipinski definition) is 3. The Balaban J connectivity index is 0.000000297. The largest absolute Gasteiger partial charge is 0.481 e. The average molecular weight is 474 g/mol. The van der Waals surface area contributed by atoms with Crippen LogP contribution in [0.15, 0.2) is 83.3 Å². The number of rotatable bonds is 6. The van der Waals surface area contributed by atoms with Gasteiger partial charge in [-0.05, 0) is 36.6 Å². The molecule has 0 aliphatic heterocycles. The highest BCUT2D eigenvalue weighted by Crippen LogP contribution is 2.29. The second kappa shape index (κ2) is 11.6. The fourth-order valence-corrected chi connectivity index (χ4v) is 3.25. The van der Waals surface area contributed by atoms with Crippen molar-refractivity contribution in [2.45, 2.75) is 25.5 Å². The van der Waals surface area contributed by atoms with E-state index >= 15 is 0 Å². The molecule has 0 fully saturated rings. The Kier molecular flexibility index (Phi) is 9.17. The Morgan fingerprint density at radius 1 is 1.03 bits per heavy atom. The predicted molar refractivity (Wildman–Crippen MR) is 119 cm³/mol.